The monoisotopic (exact) mass is 486 g/mol. The molecule has 1 heterocycles. The number of hydrogen-bond acceptors (Lipinski definition) is 6. The molecule has 0 fully saturated rings. The van der Waals surface area contributed by atoms with Crippen molar-refractivity contribution in [2.45, 2.75) is 23.6 Å². The number of sulfonamides is 2. The first-order chi connectivity index (χ1) is 14.0. The minimum absolute atomic E-state index is 0.0612. The van der Waals surface area contributed by atoms with Crippen LogP contribution in [0.3, 0.4) is 0 Å². The van der Waals surface area contributed by atoms with Gasteiger partial charge in [0, 0.05) is 17.4 Å². The lowest BCUT2D eigenvalue weighted by molar-refractivity contribution is 0.600. The largest absolute Gasteiger partial charge is 0.280 e. The van der Waals surface area contributed by atoms with Gasteiger partial charge in [0.2, 0.25) is 0 Å². The Bertz CT molecular complexity index is 1290. The maximum absolute atomic E-state index is 12.6. The number of hydrogen-bond donors (Lipinski definition) is 2. The molecular formula is C18H16Cl2N4O4S2. The zero-order valence-corrected chi connectivity index (χ0v) is 18.9. The molecule has 0 saturated heterocycles. The van der Waals surface area contributed by atoms with Crippen LogP contribution >= 0.6 is 23.2 Å². The maximum Gasteiger partial charge on any atom is 0.263 e. The van der Waals surface area contributed by atoms with E-state index in [-0.39, 0.29) is 31.3 Å². The van der Waals surface area contributed by atoms with Crippen LogP contribution in [0, 0.1) is 13.8 Å². The Morgan fingerprint density at radius 1 is 0.733 bits per heavy atom. The standard InChI is InChI=1S/C18H16Cl2N4O4S2/c1-11-9-18(22-12(2)21-11)24-29(25,26)14-5-3-13(4-6-14)23-30(27,28)15-7-8-16(19)17(20)10-15/h3-10,23H,1-2H3,(H,21,22,24). The van der Waals surface area contributed by atoms with Gasteiger partial charge in [0.25, 0.3) is 20.0 Å². The summed E-state index contributed by atoms with van der Waals surface area (Å²) in [5, 5.41) is 0.328. The van der Waals surface area contributed by atoms with E-state index in [1.54, 1.807) is 13.8 Å². The van der Waals surface area contributed by atoms with Crippen molar-refractivity contribution in [3.8, 4) is 0 Å². The van der Waals surface area contributed by atoms with E-state index in [0.29, 0.717) is 11.5 Å². The predicted octanol–water partition coefficient (Wildman–Crippen LogP) is 4.00. The summed E-state index contributed by atoms with van der Waals surface area (Å²) in [5.41, 5.74) is 0.793. The number of nitrogens with zero attached hydrogens (tertiary/aromatic N) is 2. The van der Waals surface area contributed by atoms with E-state index in [1.807, 2.05) is 0 Å². The van der Waals surface area contributed by atoms with Crippen LogP contribution < -0.4 is 9.44 Å². The summed E-state index contributed by atoms with van der Waals surface area (Å²) in [4.78, 5) is 8.00. The van der Waals surface area contributed by atoms with Crippen molar-refractivity contribution in [1.82, 2.24) is 9.97 Å². The van der Waals surface area contributed by atoms with E-state index < -0.39 is 20.0 Å². The average molecular weight is 487 g/mol. The molecular weight excluding hydrogens is 471 g/mol. The summed E-state index contributed by atoms with van der Waals surface area (Å²) < 4.78 is 54.9. The average Bonchev–Trinajstić information content (AvgIpc) is 2.62. The van der Waals surface area contributed by atoms with Crippen molar-refractivity contribution < 1.29 is 16.8 Å². The van der Waals surface area contributed by atoms with Gasteiger partial charge in [-0.1, -0.05) is 23.2 Å². The first kappa shape index (κ1) is 22.3. The molecule has 0 saturated carbocycles. The molecule has 2 N–H and O–H groups in total. The number of halogens is 2. The van der Waals surface area contributed by atoms with Crippen molar-refractivity contribution in [3.63, 3.8) is 0 Å². The number of benzene rings is 2. The molecule has 12 heteroatoms. The number of nitrogens with one attached hydrogen (secondary N) is 2. The molecule has 8 nitrogen and oxygen atoms in total. The van der Waals surface area contributed by atoms with Crippen LogP contribution in [-0.4, -0.2) is 26.8 Å². The molecule has 0 aliphatic carbocycles. The molecule has 0 spiro atoms. The van der Waals surface area contributed by atoms with Crippen LogP contribution in [-0.2, 0) is 20.0 Å². The van der Waals surface area contributed by atoms with E-state index in [4.69, 9.17) is 23.2 Å². The van der Waals surface area contributed by atoms with Gasteiger partial charge in [0.15, 0.2) is 0 Å². The topological polar surface area (TPSA) is 118 Å². The van der Waals surface area contributed by atoms with Gasteiger partial charge in [-0.05, 0) is 56.3 Å². The minimum Gasteiger partial charge on any atom is -0.280 e. The van der Waals surface area contributed by atoms with Gasteiger partial charge in [-0.15, -0.1) is 0 Å². The molecule has 3 rings (SSSR count). The van der Waals surface area contributed by atoms with E-state index in [1.165, 1.54) is 48.5 Å². The van der Waals surface area contributed by atoms with Gasteiger partial charge in [-0.2, -0.15) is 0 Å². The summed E-state index contributed by atoms with van der Waals surface area (Å²) in [6.45, 7) is 3.38. The Morgan fingerprint density at radius 3 is 1.93 bits per heavy atom. The van der Waals surface area contributed by atoms with E-state index >= 15 is 0 Å². The summed E-state index contributed by atoms with van der Waals surface area (Å²) >= 11 is 11.7. The highest BCUT2D eigenvalue weighted by Gasteiger charge is 2.18. The Kier molecular flexibility index (Phi) is 6.23. The number of aromatic nitrogens is 2. The molecule has 0 aliphatic rings. The van der Waals surface area contributed by atoms with Gasteiger partial charge >= 0.3 is 0 Å². The predicted molar refractivity (Wildman–Crippen MR) is 116 cm³/mol. The zero-order chi connectivity index (χ0) is 22.1. The number of rotatable bonds is 6. The molecule has 0 amide bonds. The van der Waals surface area contributed by atoms with Gasteiger partial charge < -0.3 is 0 Å². The molecule has 0 aliphatic heterocycles. The third-order valence-electron chi connectivity index (χ3n) is 3.82. The smallest absolute Gasteiger partial charge is 0.263 e. The lowest BCUT2D eigenvalue weighted by Gasteiger charge is -2.11. The fourth-order valence-electron chi connectivity index (χ4n) is 2.53. The summed E-state index contributed by atoms with van der Waals surface area (Å²) in [7, 11) is -7.85. The summed E-state index contributed by atoms with van der Waals surface area (Å²) in [5.74, 6) is 0.573. The lowest BCUT2D eigenvalue weighted by Crippen LogP contribution is -2.15. The van der Waals surface area contributed by atoms with Crippen LogP contribution in [0.4, 0.5) is 11.5 Å². The van der Waals surface area contributed by atoms with Crippen LogP contribution in [0.15, 0.2) is 58.3 Å². The second kappa shape index (κ2) is 8.38. The highest BCUT2D eigenvalue weighted by atomic mass is 35.5. The SMILES string of the molecule is Cc1cc(NS(=O)(=O)c2ccc(NS(=O)(=O)c3ccc(Cl)c(Cl)c3)cc2)nc(C)n1. The minimum atomic E-state index is -3.93. The molecule has 1 aromatic heterocycles. The number of aryl methyl sites for hydroxylation is 2. The fraction of sp³-hybridized carbons (Fsp3) is 0.111. The Hall–Kier alpha value is -2.40. The maximum atomic E-state index is 12.6. The first-order valence-corrected chi connectivity index (χ1v) is 12.1. The zero-order valence-electron chi connectivity index (χ0n) is 15.7. The first-order valence-electron chi connectivity index (χ1n) is 8.39. The molecule has 0 atom stereocenters. The van der Waals surface area contributed by atoms with Crippen molar-refractivity contribution in [2.24, 2.45) is 0 Å². The van der Waals surface area contributed by atoms with Crippen molar-refractivity contribution in [2.75, 3.05) is 9.44 Å². The quantitative estimate of drug-likeness (QED) is 0.543. The van der Waals surface area contributed by atoms with Gasteiger partial charge in [0.05, 0.1) is 19.8 Å². The van der Waals surface area contributed by atoms with Crippen molar-refractivity contribution in [1.29, 1.82) is 0 Å². The highest BCUT2D eigenvalue weighted by Crippen LogP contribution is 2.26. The van der Waals surface area contributed by atoms with Crippen molar-refractivity contribution in [3.05, 3.63) is 70.1 Å². The van der Waals surface area contributed by atoms with Crippen molar-refractivity contribution >= 4 is 54.8 Å². The lowest BCUT2D eigenvalue weighted by atomic mass is 10.3. The molecule has 2 aromatic carbocycles. The second-order valence-electron chi connectivity index (χ2n) is 6.25. The third-order valence-corrected chi connectivity index (χ3v) is 7.31. The highest BCUT2D eigenvalue weighted by molar-refractivity contribution is 7.93. The molecule has 0 unspecified atom stereocenters. The van der Waals surface area contributed by atoms with Crippen LogP contribution in [0.2, 0.25) is 10.0 Å². The van der Waals surface area contributed by atoms with Gasteiger partial charge in [0.1, 0.15) is 11.6 Å². The molecule has 3 aromatic rings. The Balaban J connectivity index is 1.80. The Morgan fingerprint density at radius 2 is 1.33 bits per heavy atom. The molecule has 0 bridgehead atoms. The number of anilines is 2. The fourth-order valence-corrected chi connectivity index (χ4v) is 4.97. The van der Waals surface area contributed by atoms with Crippen LogP contribution in [0.1, 0.15) is 11.5 Å². The van der Waals surface area contributed by atoms with Gasteiger partial charge in [-0.3, -0.25) is 9.44 Å². The summed E-state index contributed by atoms with van der Waals surface area (Å²) in [6, 6.07) is 10.6. The molecule has 158 valence electrons. The second-order valence-corrected chi connectivity index (χ2v) is 10.4. The normalized spacial score (nSPS) is 11.9. The Labute approximate surface area is 184 Å². The summed E-state index contributed by atoms with van der Waals surface area (Å²) in [6.07, 6.45) is 0. The van der Waals surface area contributed by atoms with E-state index in [9.17, 15) is 16.8 Å². The molecule has 0 radical (unpaired) electrons. The van der Waals surface area contributed by atoms with Crippen LogP contribution in [0.5, 0.6) is 0 Å². The molecule has 30 heavy (non-hydrogen) atoms. The van der Waals surface area contributed by atoms with E-state index in [2.05, 4.69) is 19.4 Å². The van der Waals surface area contributed by atoms with Crippen LogP contribution in [0.25, 0.3) is 0 Å². The third kappa shape index (κ3) is 5.20. The van der Waals surface area contributed by atoms with Gasteiger partial charge in [-0.25, -0.2) is 26.8 Å². The van der Waals surface area contributed by atoms with E-state index in [0.717, 1.165) is 0 Å².